The average Bonchev–Trinajstić information content (AvgIpc) is 3.80. The number of aryl methyl sites for hydroxylation is 1. The molecule has 0 N–H and O–H groups in total. The van der Waals surface area contributed by atoms with Gasteiger partial charge < -0.3 is 4.42 Å². The quantitative estimate of drug-likeness (QED) is 0.158. The molecule has 1 heterocycles. The van der Waals surface area contributed by atoms with Crippen LogP contribution in [-0.4, -0.2) is 8.07 Å². The maximum Gasteiger partial charge on any atom is 0.134 e. The third-order valence-electron chi connectivity index (χ3n) is 11.4. The van der Waals surface area contributed by atoms with Gasteiger partial charge in [0, 0.05) is 16.7 Å². The Labute approximate surface area is 295 Å². The van der Waals surface area contributed by atoms with Crippen molar-refractivity contribution in [1.82, 2.24) is 0 Å². The average molecular weight is 661 g/mol. The van der Waals surface area contributed by atoms with Crippen LogP contribution < -0.4 is 0 Å². The summed E-state index contributed by atoms with van der Waals surface area (Å²) < 4.78 is 6.30. The molecule has 49 heavy (non-hydrogen) atoms. The minimum Gasteiger partial charge on any atom is -0.464 e. The molecule has 2 aliphatic rings. The molecule has 0 spiro atoms. The summed E-state index contributed by atoms with van der Waals surface area (Å²) in [6.07, 6.45) is 5.52. The van der Waals surface area contributed by atoms with Gasteiger partial charge in [-0.2, -0.15) is 0 Å². The first-order chi connectivity index (χ1) is 23.3. The zero-order valence-electron chi connectivity index (χ0n) is 30.9. The zero-order chi connectivity index (χ0) is 34.7. The lowest BCUT2D eigenvalue weighted by Crippen LogP contribution is -2.45. The van der Waals surface area contributed by atoms with Gasteiger partial charge in [-0.25, -0.2) is 0 Å². The van der Waals surface area contributed by atoms with Gasteiger partial charge in [-0.05, 0) is 91.1 Å². The second kappa shape index (κ2) is 12.3. The molecule has 2 heteroatoms. The number of benzene rings is 4. The lowest BCUT2D eigenvalue weighted by atomic mass is 9.84. The van der Waals surface area contributed by atoms with E-state index in [1.54, 1.807) is 0 Å². The van der Waals surface area contributed by atoms with Crippen LogP contribution in [0.25, 0.3) is 22.8 Å². The van der Waals surface area contributed by atoms with Gasteiger partial charge in [0.25, 0.3) is 0 Å². The maximum absolute atomic E-state index is 6.30. The molecule has 2 aliphatic carbocycles. The highest BCUT2D eigenvalue weighted by Crippen LogP contribution is 2.61. The van der Waals surface area contributed by atoms with Gasteiger partial charge in [0.15, 0.2) is 0 Å². The first-order valence-corrected chi connectivity index (χ1v) is 21.1. The first-order valence-electron chi connectivity index (χ1n) is 18.2. The Morgan fingerprint density at radius 2 is 1.33 bits per heavy atom. The molecular formula is C47H52OSi. The molecule has 0 aliphatic heterocycles. The fourth-order valence-electron chi connectivity index (χ4n) is 8.97. The largest absolute Gasteiger partial charge is 0.464 e. The molecule has 5 aromatic rings. The molecule has 0 amide bonds. The normalized spacial score (nSPS) is 18.7. The van der Waals surface area contributed by atoms with Gasteiger partial charge in [0.05, 0.1) is 14.3 Å². The Morgan fingerprint density at radius 3 is 1.96 bits per heavy atom. The van der Waals surface area contributed by atoms with Crippen molar-refractivity contribution < 1.29 is 4.42 Å². The van der Waals surface area contributed by atoms with E-state index >= 15 is 0 Å². The number of allylic oxidation sites excluding steroid dienone is 2. The standard InChI is InChI=1S/C47H52OSi/c1-10-28-49(9,44-37-17-12-11-16-33(37)30-40(44)36-26-25-35(29-31(36)2)47(6,7)8)45-39-19-14-13-18-38(39)43(41-20-15-27-48-41)42(45)32-21-23-34(24-22-32)46(3,4)5/h11-27,29-30,44-45H,10,28H2,1-9H3. The molecule has 0 saturated carbocycles. The van der Waals surface area contributed by atoms with Crippen molar-refractivity contribution >= 4 is 30.9 Å². The summed E-state index contributed by atoms with van der Waals surface area (Å²) in [5, 5.41) is 0. The molecule has 0 fully saturated rings. The van der Waals surface area contributed by atoms with Crippen molar-refractivity contribution in [3.63, 3.8) is 0 Å². The predicted octanol–water partition coefficient (Wildman–Crippen LogP) is 13.1. The van der Waals surface area contributed by atoms with E-state index in [4.69, 9.17) is 4.42 Å². The topological polar surface area (TPSA) is 13.1 Å². The molecule has 1 aromatic heterocycles. The van der Waals surface area contributed by atoms with Crippen LogP contribution in [0.5, 0.6) is 0 Å². The summed E-state index contributed by atoms with van der Waals surface area (Å²) in [4.78, 5) is 0. The molecule has 0 bridgehead atoms. The van der Waals surface area contributed by atoms with Gasteiger partial charge in [-0.15, -0.1) is 0 Å². The molecule has 4 aromatic carbocycles. The van der Waals surface area contributed by atoms with Crippen molar-refractivity contribution in [2.45, 2.75) is 96.3 Å². The minimum atomic E-state index is -2.32. The summed E-state index contributed by atoms with van der Waals surface area (Å²) in [6, 6.07) is 40.7. The second-order valence-corrected chi connectivity index (χ2v) is 21.5. The van der Waals surface area contributed by atoms with Crippen LogP contribution in [0.15, 0.2) is 114 Å². The van der Waals surface area contributed by atoms with Gasteiger partial charge >= 0.3 is 0 Å². The highest BCUT2D eigenvalue weighted by molar-refractivity contribution is 6.85. The Kier molecular flexibility index (Phi) is 8.39. The highest BCUT2D eigenvalue weighted by atomic mass is 28.3. The van der Waals surface area contributed by atoms with Crippen LogP contribution in [0, 0.1) is 6.92 Å². The maximum atomic E-state index is 6.30. The number of rotatable bonds is 7. The van der Waals surface area contributed by atoms with E-state index in [9.17, 15) is 0 Å². The van der Waals surface area contributed by atoms with E-state index in [1.807, 2.05) is 12.3 Å². The zero-order valence-corrected chi connectivity index (χ0v) is 31.9. The van der Waals surface area contributed by atoms with Crippen molar-refractivity contribution in [3.8, 4) is 0 Å². The molecule has 250 valence electrons. The third kappa shape index (κ3) is 5.72. The van der Waals surface area contributed by atoms with Crippen LogP contribution in [0.2, 0.25) is 12.6 Å². The summed E-state index contributed by atoms with van der Waals surface area (Å²) in [5.41, 5.74) is 17.6. The van der Waals surface area contributed by atoms with E-state index in [0.717, 1.165) is 12.2 Å². The van der Waals surface area contributed by atoms with Gasteiger partial charge in [-0.1, -0.05) is 165 Å². The predicted molar refractivity (Wildman–Crippen MR) is 213 cm³/mol. The molecular weight excluding hydrogens is 609 g/mol. The number of fused-ring (bicyclic) bond motifs is 2. The van der Waals surface area contributed by atoms with Crippen molar-refractivity contribution in [2.75, 3.05) is 0 Å². The number of hydrogen-bond acceptors (Lipinski definition) is 1. The van der Waals surface area contributed by atoms with Crippen molar-refractivity contribution in [3.05, 3.63) is 165 Å². The second-order valence-electron chi connectivity index (χ2n) is 16.8. The van der Waals surface area contributed by atoms with Gasteiger partial charge in [-0.3, -0.25) is 0 Å². The molecule has 0 saturated heterocycles. The third-order valence-corrected chi connectivity index (χ3v) is 16.8. The Hall–Kier alpha value is -4.14. The van der Waals surface area contributed by atoms with Crippen LogP contribution >= 0.6 is 0 Å². The molecule has 1 nitrogen and oxygen atoms in total. The fraction of sp³-hybridized carbons (Fsp3) is 0.319. The monoisotopic (exact) mass is 660 g/mol. The summed E-state index contributed by atoms with van der Waals surface area (Å²) in [6.45, 7) is 21.3. The van der Waals surface area contributed by atoms with E-state index in [1.165, 1.54) is 72.8 Å². The van der Waals surface area contributed by atoms with E-state index in [-0.39, 0.29) is 16.4 Å². The Balaban J connectivity index is 1.50. The molecule has 3 unspecified atom stereocenters. The number of hydrogen-bond donors (Lipinski definition) is 0. The lowest BCUT2D eigenvalue weighted by molar-refractivity contribution is 0.554. The first kappa shape index (κ1) is 33.4. The van der Waals surface area contributed by atoms with Crippen LogP contribution in [0.4, 0.5) is 0 Å². The smallest absolute Gasteiger partial charge is 0.134 e. The van der Waals surface area contributed by atoms with E-state index in [0.29, 0.717) is 5.54 Å². The SMILES string of the molecule is CCC[Si](C)(C1C(c2ccc(C(C)(C)C)cc2C)=Cc2ccccc21)C1C(c2ccc(C(C)(C)C)cc2)=C(c2ccco2)c2ccccc21. The molecule has 0 radical (unpaired) electrons. The summed E-state index contributed by atoms with van der Waals surface area (Å²) in [7, 11) is -2.32. The van der Waals surface area contributed by atoms with Crippen LogP contribution in [0.3, 0.4) is 0 Å². The van der Waals surface area contributed by atoms with Crippen molar-refractivity contribution in [2.24, 2.45) is 0 Å². The fourth-order valence-corrected chi connectivity index (χ4v) is 14.8. The summed E-state index contributed by atoms with van der Waals surface area (Å²) >= 11 is 0. The Morgan fingerprint density at radius 1 is 0.673 bits per heavy atom. The lowest BCUT2D eigenvalue weighted by Gasteiger charge is -2.43. The van der Waals surface area contributed by atoms with Gasteiger partial charge in [0.1, 0.15) is 5.76 Å². The van der Waals surface area contributed by atoms with E-state index in [2.05, 4.69) is 165 Å². The molecule has 3 atom stereocenters. The Bertz CT molecular complexity index is 2060. The van der Waals surface area contributed by atoms with Crippen molar-refractivity contribution in [1.29, 1.82) is 0 Å². The van der Waals surface area contributed by atoms with Crippen LogP contribution in [-0.2, 0) is 10.8 Å². The van der Waals surface area contributed by atoms with E-state index < -0.39 is 8.07 Å². The highest BCUT2D eigenvalue weighted by Gasteiger charge is 2.53. The van der Waals surface area contributed by atoms with Gasteiger partial charge in [0.2, 0.25) is 0 Å². The number of furan rings is 1. The molecule has 7 rings (SSSR count). The summed E-state index contributed by atoms with van der Waals surface area (Å²) in [5.74, 6) is 0.967. The minimum absolute atomic E-state index is 0.0912. The van der Waals surface area contributed by atoms with Crippen LogP contribution in [0.1, 0.15) is 122 Å².